The second-order valence-electron chi connectivity index (χ2n) is 8.67. The molecule has 2 aromatic carbocycles. The number of aryl methyl sites for hydroxylation is 2. The lowest BCUT2D eigenvalue weighted by molar-refractivity contribution is -0.142. The summed E-state index contributed by atoms with van der Waals surface area (Å²) in [4.78, 5) is 27.4. The van der Waals surface area contributed by atoms with Crippen molar-refractivity contribution in [3.05, 3.63) is 63.1 Å². The summed E-state index contributed by atoms with van der Waals surface area (Å²) in [6.07, 6.45) is 0. The van der Waals surface area contributed by atoms with Crippen LogP contribution in [0.15, 0.2) is 36.4 Å². The van der Waals surface area contributed by atoms with Gasteiger partial charge in [-0.3, -0.25) is 9.59 Å². The number of benzene rings is 2. The van der Waals surface area contributed by atoms with Gasteiger partial charge in [-0.05, 0) is 76.9 Å². The summed E-state index contributed by atoms with van der Waals surface area (Å²) in [6, 6.07) is 10.0. The molecule has 1 N–H and O–H groups in total. The van der Waals surface area contributed by atoms with Gasteiger partial charge in [0.2, 0.25) is 5.91 Å². The highest BCUT2D eigenvalue weighted by molar-refractivity contribution is 6.36. The molecule has 0 aliphatic rings. The molecule has 168 valence electrons. The number of carbonyl (C=O) groups is 2. The minimum atomic E-state index is -0.748. The van der Waals surface area contributed by atoms with Gasteiger partial charge < -0.3 is 15.0 Å². The number of rotatable bonds is 7. The lowest BCUT2D eigenvalue weighted by Gasteiger charge is -2.31. The summed E-state index contributed by atoms with van der Waals surface area (Å²) in [5.74, 6) is -0.0139. The maximum Gasteiger partial charge on any atom is 0.261 e. The van der Waals surface area contributed by atoms with Crippen LogP contribution in [0.5, 0.6) is 5.75 Å². The first-order valence-corrected chi connectivity index (χ1v) is 10.9. The summed E-state index contributed by atoms with van der Waals surface area (Å²) >= 11 is 12.6. The summed E-state index contributed by atoms with van der Waals surface area (Å²) in [7, 11) is 0. The van der Waals surface area contributed by atoms with E-state index in [4.69, 9.17) is 27.9 Å². The fraction of sp³-hybridized carbons (Fsp3) is 0.417. The molecule has 31 heavy (non-hydrogen) atoms. The normalized spacial score (nSPS) is 12.3. The number of nitrogens with zero attached hydrogens (tertiary/aromatic N) is 1. The third kappa shape index (κ3) is 7.15. The van der Waals surface area contributed by atoms with Crippen LogP contribution in [-0.2, 0) is 16.1 Å². The molecule has 2 rings (SSSR count). The molecule has 0 bridgehead atoms. The molecule has 0 radical (unpaired) electrons. The van der Waals surface area contributed by atoms with E-state index in [1.54, 1.807) is 25.1 Å². The van der Waals surface area contributed by atoms with Gasteiger partial charge in [0.05, 0.1) is 0 Å². The van der Waals surface area contributed by atoms with Gasteiger partial charge >= 0.3 is 0 Å². The van der Waals surface area contributed by atoms with Crippen molar-refractivity contribution in [1.82, 2.24) is 10.2 Å². The molecule has 0 heterocycles. The van der Waals surface area contributed by atoms with E-state index in [-0.39, 0.29) is 25.0 Å². The predicted molar refractivity (Wildman–Crippen MR) is 126 cm³/mol. The van der Waals surface area contributed by atoms with Gasteiger partial charge in [0.15, 0.2) is 6.61 Å². The molecule has 0 saturated carbocycles. The molecule has 0 aromatic heterocycles. The van der Waals surface area contributed by atoms with E-state index in [0.717, 1.165) is 11.1 Å². The number of carbonyl (C=O) groups excluding carboxylic acids is 2. The molecule has 0 fully saturated rings. The highest BCUT2D eigenvalue weighted by Crippen LogP contribution is 2.27. The minimum Gasteiger partial charge on any atom is -0.484 e. The number of ether oxygens (including phenoxy) is 1. The Morgan fingerprint density at radius 2 is 1.68 bits per heavy atom. The Morgan fingerprint density at radius 3 is 2.23 bits per heavy atom. The van der Waals surface area contributed by atoms with Crippen molar-refractivity contribution in [3.8, 4) is 5.75 Å². The maximum atomic E-state index is 13.1. The van der Waals surface area contributed by atoms with E-state index in [9.17, 15) is 9.59 Å². The Balaban J connectivity index is 2.25. The first kappa shape index (κ1) is 25.0. The van der Waals surface area contributed by atoms with Gasteiger partial charge in [0, 0.05) is 27.7 Å². The number of halogens is 2. The van der Waals surface area contributed by atoms with Gasteiger partial charge in [-0.25, -0.2) is 0 Å². The zero-order valence-electron chi connectivity index (χ0n) is 18.9. The van der Waals surface area contributed by atoms with E-state index < -0.39 is 11.6 Å². The lowest BCUT2D eigenvalue weighted by atomic mass is 10.1. The van der Waals surface area contributed by atoms with Crippen molar-refractivity contribution >= 4 is 35.0 Å². The number of hydrogen-bond acceptors (Lipinski definition) is 3. The highest BCUT2D eigenvalue weighted by Gasteiger charge is 2.29. The Hall–Kier alpha value is -2.24. The van der Waals surface area contributed by atoms with E-state index in [2.05, 4.69) is 5.32 Å². The molecule has 2 aromatic rings. The zero-order valence-corrected chi connectivity index (χ0v) is 20.4. The smallest absolute Gasteiger partial charge is 0.261 e. The van der Waals surface area contributed by atoms with Crippen LogP contribution in [0.2, 0.25) is 10.0 Å². The quantitative estimate of drug-likeness (QED) is 0.602. The van der Waals surface area contributed by atoms with Crippen molar-refractivity contribution in [2.75, 3.05) is 6.61 Å². The third-order valence-electron chi connectivity index (χ3n) is 4.90. The summed E-state index contributed by atoms with van der Waals surface area (Å²) in [6.45, 7) is 11.2. The fourth-order valence-electron chi connectivity index (χ4n) is 2.94. The Bertz CT molecular complexity index is 934. The van der Waals surface area contributed by atoms with Crippen molar-refractivity contribution in [2.24, 2.45) is 0 Å². The topological polar surface area (TPSA) is 58.6 Å². The van der Waals surface area contributed by atoms with Gasteiger partial charge in [-0.1, -0.05) is 35.3 Å². The standard InChI is InChI=1S/C24H30Cl2N2O3/c1-15-10-11-18(12-16(15)2)31-14-22(29)28(17(3)23(30)27-24(4,5)6)13-19-20(25)8-7-9-21(19)26/h7-12,17H,13-14H2,1-6H3,(H,27,30). The third-order valence-corrected chi connectivity index (χ3v) is 5.60. The number of hydrogen-bond donors (Lipinski definition) is 1. The van der Waals surface area contributed by atoms with Gasteiger partial charge in [0.25, 0.3) is 5.91 Å². The summed E-state index contributed by atoms with van der Waals surface area (Å²) in [5, 5.41) is 3.79. The Labute approximate surface area is 194 Å². The van der Waals surface area contributed by atoms with Gasteiger partial charge in [-0.15, -0.1) is 0 Å². The molecule has 5 nitrogen and oxygen atoms in total. The minimum absolute atomic E-state index is 0.0896. The molecule has 0 aliphatic carbocycles. The van der Waals surface area contributed by atoms with Gasteiger partial charge in [0.1, 0.15) is 11.8 Å². The Morgan fingerprint density at radius 1 is 1.06 bits per heavy atom. The van der Waals surface area contributed by atoms with E-state index in [0.29, 0.717) is 21.4 Å². The monoisotopic (exact) mass is 464 g/mol. The number of nitrogens with one attached hydrogen (secondary N) is 1. The Kier molecular flexibility index (Phi) is 8.38. The molecule has 0 aliphatic heterocycles. The van der Waals surface area contributed by atoms with Crippen molar-refractivity contribution in [1.29, 1.82) is 0 Å². The van der Waals surface area contributed by atoms with Crippen LogP contribution in [-0.4, -0.2) is 34.9 Å². The van der Waals surface area contributed by atoms with Crippen LogP contribution in [0, 0.1) is 13.8 Å². The number of amides is 2. The highest BCUT2D eigenvalue weighted by atomic mass is 35.5. The van der Waals surface area contributed by atoms with Crippen LogP contribution in [0.3, 0.4) is 0 Å². The SMILES string of the molecule is Cc1ccc(OCC(=O)N(Cc2c(Cl)cccc2Cl)C(C)C(=O)NC(C)(C)C)cc1C. The van der Waals surface area contributed by atoms with Crippen molar-refractivity contribution in [3.63, 3.8) is 0 Å². The van der Waals surface area contributed by atoms with Crippen LogP contribution in [0.4, 0.5) is 0 Å². The maximum absolute atomic E-state index is 13.1. The summed E-state index contributed by atoms with van der Waals surface area (Å²) in [5.41, 5.74) is 2.36. The average Bonchev–Trinajstić information content (AvgIpc) is 2.66. The van der Waals surface area contributed by atoms with Crippen LogP contribution >= 0.6 is 23.2 Å². The van der Waals surface area contributed by atoms with E-state index in [1.807, 2.05) is 52.8 Å². The molecular formula is C24H30Cl2N2O3. The van der Waals surface area contributed by atoms with Crippen LogP contribution < -0.4 is 10.1 Å². The van der Waals surface area contributed by atoms with Crippen molar-refractivity contribution < 1.29 is 14.3 Å². The van der Waals surface area contributed by atoms with Crippen LogP contribution in [0.25, 0.3) is 0 Å². The van der Waals surface area contributed by atoms with Gasteiger partial charge in [-0.2, -0.15) is 0 Å². The van der Waals surface area contributed by atoms with Crippen LogP contribution in [0.1, 0.15) is 44.4 Å². The largest absolute Gasteiger partial charge is 0.484 e. The zero-order chi connectivity index (χ0) is 23.3. The molecule has 0 spiro atoms. The first-order chi connectivity index (χ1) is 14.4. The first-order valence-electron chi connectivity index (χ1n) is 10.1. The van der Waals surface area contributed by atoms with E-state index in [1.165, 1.54) is 4.90 Å². The fourth-order valence-corrected chi connectivity index (χ4v) is 3.46. The summed E-state index contributed by atoms with van der Waals surface area (Å²) < 4.78 is 5.72. The lowest BCUT2D eigenvalue weighted by Crippen LogP contribution is -2.53. The molecule has 7 heteroatoms. The second-order valence-corrected chi connectivity index (χ2v) is 9.49. The molecule has 1 unspecified atom stereocenters. The molecule has 0 saturated heterocycles. The predicted octanol–water partition coefficient (Wildman–Crippen LogP) is 5.32. The molecule has 2 amide bonds. The average molecular weight is 465 g/mol. The second kappa shape index (κ2) is 10.4. The molecular weight excluding hydrogens is 435 g/mol. The van der Waals surface area contributed by atoms with E-state index >= 15 is 0 Å². The van der Waals surface area contributed by atoms with Crippen molar-refractivity contribution in [2.45, 2.75) is 59.7 Å². The molecule has 1 atom stereocenters.